The maximum atomic E-state index is 13.8. The van der Waals surface area contributed by atoms with E-state index in [1.165, 1.54) is 13.2 Å². The van der Waals surface area contributed by atoms with Crippen molar-refractivity contribution in [1.29, 1.82) is 0 Å². The second kappa shape index (κ2) is 7.82. The SMILES string of the molecule is COc1cccc([C@@H]2C[C@@H](C(F)(F)F)n3nc(C(=O)N4CCN(C)CC4)cc3N2)c1. The molecule has 0 radical (unpaired) electrons. The van der Waals surface area contributed by atoms with Crippen LogP contribution in [0.25, 0.3) is 0 Å². The van der Waals surface area contributed by atoms with Crippen LogP contribution in [0.5, 0.6) is 5.75 Å². The smallest absolute Gasteiger partial charge is 0.410 e. The van der Waals surface area contributed by atoms with Gasteiger partial charge in [0.05, 0.1) is 13.2 Å². The number of anilines is 1. The summed E-state index contributed by atoms with van der Waals surface area (Å²) >= 11 is 0. The molecule has 2 atom stereocenters. The second-order valence-electron chi connectivity index (χ2n) is 7.72. The van der Waals surface area contributed by atoms with Gasteiger partial charge in [0.2, 0.25) is 0 Å². The lowest BCUT2D eigenvalue weighted by atomic mass is 9.97. The molecule has 2 aromatic rings. The lowest BCUT2D eigenvalue weighted by Crippen LogP contribution is -2.47. The Morgan fingerprint density at radius 1 is 1.20 bits per heavy atom. The van der Waals surface area contributed by atoms with Gasteiger partial charge in [0.1, 0.15) is 11.6 Å². The molecule has 10 heteroatoms. The van der Waals surface area contributed by atoms with Crippen molar-refractivity contribution in [3.05, 3.63) is 41.6 Å². The Hall–Kier alpha value is -2.75. The number of amides is 1. The van der Waals surface area contributed by atoms with Gasteiger partial charge in [-0.2, -0.15) is 18.3 Å². The molecule has 1 saturated heterocycles. The highest BCUT2D eigenvalue weighted by molar-refractivity contribution is 5.93. The van der Waals surface area contributed by atoms with Crippen LogP contribution in [0, 0.1) is 0 Å². The predicted octanol–water partition coefficient (Wildman–Crippen LogP) is 2.94. The van der Waals surface area contributed by atoms with Crippen LogP contribution in [0.1, 0.15) is 34.6 Å². The van der Waals surface area contributed by atoms with Crippen LogP contribution in [0.4, 0.5) is 19.0 Å². The minimum Gasteiger partial charge on any atom is -0.497 e. The van der Waals surface area contributed by atoms with E-state index in [-0.39, 0.29) is 23.8 Å². The van der Waals surface area contributed by atoms with E-state index in [9.17, 15) is 18.0 Å². The van der Waals surface area contributed by atoms with E-state index < -0.39 is 18.3 Å². The summed E-state index contributed by atoms with van der Waals surface area (Å²) < 4.78 is 47.6. The highest BCUT2D eigenvalue weighted by Crippen LogP contribution is 2.44. The van der Waals surface area contributed by atoms with Crippen LogP contribution >= 0.6 is 0 Å². The first-order valence-electron chi connectivity index (χ1n) is 9.81. The molecule has 0 bridgehead atoms. The highest BCUT2D eigenvalue weighted by atomic mass is 19.4. The van der Waals surface area contributed by atoms with E-state index in [1.807, 2.05) is 7.05 Å². The number of hydrogen-bond acceptors (Lipinski definition) is 5. The largest absolute Gasteiger partial charge is 0.497 e. The average Bonchev–Trinajstić information content (AvgIpc) is 3.16. The zero-order valence-electron chi connectivity index (χ0n) is 16.8. The Bertz CT molecular complexity index is 921. The Kier molecular flexibility index (Phi) is 5.35. The molecular weight excluding hydrogens is 399 g/mol. The topological polar surface area (TPSA) is 62.6 Å². The van der Waals surface area contributed by atoms with Crippen molar-refractivity contribution < 1.29 is 22.7 Å². The van der Waals surface area contributed by atoms with E-state index in [0.717, 1.165) is 17.8 Å². The number of rotatable bonds is 3. The first kappa shape index (κ1) is 20.5. The number of ether oxygens (including phenoxy) is 1. The number of methoxy groups -OCH3 is 1. The number of nitrogens with one attached hydrogen (secondary N) is 1. The molecule has 0 aliphatic carbocycles. The summed E-state index contributed by atoms with van der Waals surface area (Å²) in [7, 11) is 3.48. The number of aromatic nitrogens is 2. The average molecular weight is 423 g/mol. The number of fused-ring (bicyclic) bond motifs is 1. The summed E-state index contributed by atoms with van der Waals surface area (Å²) in [6.45, 7) is 2.50. The predicted molar refractivity (Wildman–Crippen MR) is 105 cm³/mol. The first-order valence-corrected chi connectivity index (χ1v) is 9.81. The van der Waals surface area contributed by atoms with Gasteiger partial charge >= 0.3 is 6.18 Å². The van der Waals surface area contributed by atoms with E-state index in [4.69, 9.17) is 4.74 Å². The molecule has 3 heterocycles. The van der Waals surface area contributed by atoms with Crippen molar-refractivity contribution in [2.45, 2.75) is 24.7 Å². The minimum absolute atomic E-state index is 0.0302. The second-order valence-corrected chi connectivity index (χ2v) is 7.72. The first-order chi connectivity index (χ1) is 14.3. The molecule has 7 nitrogen and oxygen atoms in total. The van der Waals surface area contributed by atoms with E-state index in [2.05, 4.69) is 15.3 Å². The Morgan fingerprint density at radius 3 is 2.60 bits per heavy atom. The molecule has 0 unspecified atom stereocenters. The quantitative estimate of drug-likeness (QED) is 0.823. The van der Waals surface area contributed by atoms with Crippen LogP contribution in [-0.4, -0.2) is 72.0 Å². The van der Waals surface area contributed by atoms with Crippen LogP contribution in [0.15, 0.2) is 30.3 Å². The lowest BCUT2D eigenvalue weighted by Gasteiger charge is -2.33. The van der Waals surface area contributed by atoms with Gasteiger partial charge < -0.3 is 19.9 Å². The van der Waals surface area contributed by atoms with Gasteiger partial charge in [-0.15, -0.1) is 0 Å². The fourth-order valence-corrected chi connectivity index (χ4v) is 3.93. The molecule has 0 saturated carbocycles. The molecule has 30 heavy (non-hydrogen) atoms. The van der Waals surface area contributed by atoms with Gasteiger partial charge in [0, 0.05) is 38.7 Å². The molecule has 1 amide bonds. The number of alkyl halides is 3. The van der Waals surface area contributed by atoms with Gasteiger partial charge in [-0.25, -0.2) is 4.68 Å². The molecule has 2 aliphatic rings. The molecule has 1 N–H and O–H groups in total. The van der Waals surface area contributed by atoms with Gasteiger partial charge in [0.25, 0.3) is 5.91 Å². The van der Waals surface area contributed by atoms with Crippen molar-refractivity contribution >= 4 is 11.7 Å². The molecule has 1 aromatic heterocycles. The number of carbonyl (C=O) groups excluding carboxylic acids is 1. The van der Waals surface area contributed by atoms with Crippen molar-refractivity contribution in [2.75, 3.05) is 45.7 Å². The third-order valence-corrected chi connectivity index (χ3v) is 5.70. The summed E-state index contributed by atoms with van der Waals surface area (Å²) in [6.07, 6.45) is -4.72. The lowest BCUT2D eigenvalue weighted by molar-refractivity contribution is -0.173. The normalized spacial score (nSPS) is 22.4. The van der Waals surface area contributed by atoms with Crippen LogP contribution in [0.3, 0.4) is 0 Å². The van der Waals surface area contributed by atoms with Gasteiger partial charge in [-0.1, -0.05) is 12.1 Å². The molecule has 0 spiro atoms. The molecule has 1 fully saturated rings. The van der Waals surface area contributed by atoms with Gasteiger partial charge in [-0.3, -0.25) is 4.79 Å². The Balaban J connectivity index is 1.64. The van der Waals surface area contributed by atoms with Gasteiger partial charge in [-0.05, 0) is 24.7 Å². The number of hydrogen-bond donors (Lipinski definition) is 1. The molecule has 2 aliphatic heterocycles. The fourth-order valence-electron chi connectivity index (χ4n) is 3.93. The highest BCUT2D eigenvalue weighted by Gasteiger charge is 2.47. The number of nitrogens with zero attached hydrogens (tertiary/aromatic N) is 4. The van der Waals surface area contributed by atoms with E-state index in [1.54, 1.807) is 29.2 Å². The summed E-state index contributed by atoms with van der Waals surface area (Å²) in [4.78, 5) is 16.6. The van der Waals surface area contributed by atoms with Crippen LogP contribution < -0.4 is 10.1 Å². The van der Waals surface area contributed by atoms with Crippen molar-refractivity contribution in [2.24, 2.45) is 0 Å². The van der Waals surface area contributed by atoms with Crippen molar-refractivity contribution in [1.82, 2.24) is 19.6 Å². The van der Waals surface area contributed by atoms with E-state index >= 15 is 0 Å². The van der Waals surface area contributed by atoms with E-state index in [0.29, 0.717) is 24.4 Å². The maximum Gasteiger partial charge on any atom is 0.410 e. The van der Waals surface area contributed by atoms with Crippen molar-refractivity contribution in [3.8, 4) is 5.75 Å². The molecule has 162 valence electrons. The monoisotopic (exact) mass is 423 g/mol. The minimum atomic E-state index is -4.49. The Labute approximate surface area is 172 Å². The number of piperazine rings is 1. The zero-order chi connectivity index (χ0) is 21.5. The third-order valence-electron chi connectivity index (χ3n) is 5.70. The molecule has 4 rings (SSSR count). The van der Waals surface area contributed by atoms with Crippen LogP contribution in [-0.2, 0) is 0 Å². The fraction of sp³-hybridized carbons (Fsp3) is 0.500. The summed E-state index contributed by atoms with van der Waals surface area (Å²) in [6, 6.07) is 5.98. The number of halogens is 3. The van der Waals surface area contributed by atoms with Crippen LogP contribution in [0.2, 0.25) is 0 Å². The number of benzene rings is 1. The van der Waals surface area contributed by atoms with Gasteiger partial charge in [0.15, 0.2) is 11.7 Å². The number of carbonyl (C=O) groups is 1. The summed E-state index contributed by atoms with van der Waals surface area (Å²) in [5.41, 5.74) is 0.714. The Morgan fingerprint density at radius 2 is 1.93 bits per heavy atom. The molecule has 1 aromatic carbocycles. The molecular formula is C20H24F3N5O2. The third kappa shape index (κ3) is 3.96. The maximum absolute atomic E-state index is 13.8. The zero-order valence-corrected chi connectivity index (χ0v) is 16.8. The summed E-state index contributed by atoms with van der Waals surface area (Å²) in [5, 5.41) is 7.18. The number of likely N-dealkylation sites (N-methyl/N-ethyl adjacent to an activating group) is 1. The van der Waals surface area contributed by atoms with Crippen molar-refractivity contribution in [3.63, 3.8) is 0 Å². The standard InChI is InChI=1S/C20H24F3N5O2/c1-26-6-8-27(9-7-26)19(29)16-12-18-24-15(13-4-3-5-14(10-13)30-2)11-17(20(21,22)23)28(18)25-16/h3-5,10,12,15,17,24H,6-9,11H2,1-2H3/t15-,17-/m0/s1. The summed E-state index contributed by atoms with van der Waals surface area (Å²) in [5.74, 6) is 0.419.